The smallest absolute Gasteiger partial charge is 0.462 e. The minimum atomic E-state index is -0.186. The van der Waals surface area contributed by atoms with Crippen molar-refractivity contribution in [3.05, 3.63) is 35.6 Å². The Labute approximate surface area is 143 Å². The number of para-hydroxylation sites is 1. The highest BCUT2D eigenvalue weighted by atomic mass is 16.7. The number of hydrogen-bond acceptors (Lipinski definition) is 3. The molecule has 0 amide bonds. The summed E-state index contributed by atoms with van der Waals surface area (Å²) in [5.41, 5.74) is 3.25. The molecule has 2 bridgehead atoms. The topological polar surface area (TPSA) is 31.6 Å². The summed E-state index contributed by atoms with van der Waals surface area (Å²) in [5.74, 6) is 0.813. The van der Waals surface area contributed by atoms with Crippen molar-refractivity contribution in [3.63, 3.8) is 0 Å². The lowest BCUT2D eigenvalue weighted by atomic mass is 9.44. The van der Waals surface area contributed by atoms with Gasteiger partial charge in [0.25, 0.3) is 0 Å². The molecule has 0 radical (unpaired) electrons. The molecule has 2 heterocycles. The summed E-state index contributed by atoms with van der Waals surface area (Å²) in [7, 11) is -0.183. The maximum Gasteiger partial charge on any atom is 0.462 e. The van der Waals surface area contributed by atoms with E-state index in [9.17, 15) is 0 Å². The lowest BCUT2D eigenvalue weighted by Gasteiger charge is -2.65. The summed E-state index contributed by atoms with van der Waals surface area (Å²) in [6, 6.07) is 6.30. The molecule has 126 valence electrons. The van der Waals surface area contributed by atoms with E-state index in [2.05, 4.69) is 45.9 Å². The predicted molar refractivity (Wildman–Crippen MR) is 94.8 cm³/mol. The molecule has 1 aliphatic heterocycles. The van der Waals surface area contributed by atoms with Crippen molar-refractivity contribution < 1.29 is 13.7 Å². The number of rotatable bonds is 2. The normalized spacial score (nSPS) is 40.7. The van der Waals surface area contributed by atoms with Gasteiger partial charge in [-0.15, -0.1) is 0 Å². The number of hydrogen-bond donors (Lipinski definition) is 0. The van der Waals surface area contributed by atoms with Crippen LogP contribution in [0.1, 0.15) is 51.2 Å². The Morgan fingerprint density at radius 2 is 1.92 bits per heavy atom. The molecular weight excluding hydrogens is 299 g/mol. The molecule has 24 heavy (non-hydrogen) atoms. The van der Waals surface area contributed by atoms with Gasteiger partial charge in [0, 0.05) is 11.7 Å². The fraction of sp³-hybridized carbons (Fsp3) is 0.600. The molecule has 1 aromatic carbocycles. The molecule has 4 heteroatoms. The van der Waals surface area contributed by atoms with Gasteiger partial charge in [-0.05, 0) is 62.5 Å². The highest BCUT2D eigenvalue weighted by Gasteiger charge is 2.71. The van der Waals surface area contributed by atoms with E-state index in [4.69, 9.17) is 13.7 Å². The summed E-state index contributed by atoms with van der Waals surface area (Å²) < 4.78 is 18.9. The van der Waals surface area contributed by atoms with E-state index >= 15 is 0 Å². The van der Waals surface area contributed by atoms with Crippen LogP contribution in [0.25, 0.3) is 11.0 Å². The first-order valence-corrected chi connectivity index (χ1v) is 9.15. The van der Waals surface area contributed by atoms with E-state index in [0.717, 1.165) is 24.2 Å². The van der Waals surface area contributed by atoms with Gasteiger partial charge in [-0.2, -0.15) is 0 Å². The largest absolute Gasteiger partial charge is 0.464 e. The molecule has 3 saturated carbocycles. The monoisotopic (exact) mass is 324 g/mol. The molecule has 2 aromatic rings. The minimum absolute atomic E-state index is 0.164. The molecule has 4 fully saturated rings. The van der Waals surface area contributed by atoms with Crippen molar-refractivity contribution in [1.82, 2.24) is 0 Å². The predicted octanol–water partition coefficient (Wildman–Crippen LogP) is 4.70. The average Bonchev–Trinajstić information content (AvgIpc) is 2.99. The van der Waals surface area contributed by atoms with Gasteiger partial charge in [0.1, 0.15) is 5.58 Å². The third-order valence-corrected chi connectivity index (χ3v) is 7.34. The van der Waals surface area contributed by atoms with Gasteiger partial charge in [-0.25, -0.2) is 0 Å². The van der Waals surface area contributed by atoms with Crippen LogP contribution in [0.3, 0.4) is 0 Å². The van der Waals surface area contributed by atoms with Gasteiger partial charge < -0.3 is 13.7 Å². The lowest BCUT2D eigenvalue weighted by molar-refractivity contribution is -0.218. The Hall–Kier alpha value is -1.26. The van der Waals surface area contributed by atoms with Gasteiger partial charge in [0.15, 0.2) is 0 Å². The first-order valence-electron chi connectivity index (χ1n) is 9.15. The molecule has 1 aromatic heterocycles. The number of furan rings is 1. The summed E-state index contributed by atoms with van der Waals surface area (Å²) in [6.45, 7) is 9.00. The quantitative estimate of drug-likeness (QED) is 0.751. The fourth-order valence-corrected chi connectivity index (χ4v) is 5.81. The zero-order valence-electron chi connectivity index (χ0n) is 15.0. The average molecular weight is 324 g/mol. The van der Waals surface area contributed by atoms with E-state index in [1.807, 2.05) is 6.26 Å². The molecular formula is C20H25BO3. The van der Waals surface area contributed by atoms with E-state index in [0.29, 0.717) is 0 Å². The second kappa shape index (κ2) is 4.47. The Morgan fingerprint density at radius 3 is 2.67 bits per heavy atom. The van der Waals surface area contributed by atoms with E-state index in [1.54, 1.807) is 0 Å². The van der Waals surface area contributed by atoms with Crippen LogP contribution in [0.15, 0.2) is 28.9 Å². The molecule has 0 N–H and O–H groups in total. The van der Waals surface area contributed by atoms with E-state index in [1.165, 1.54) is 29.4 Å². The minimum Gasteiger partial charge on any atom is -0.464 e. The van der Waals surface area contributed by atoms with Crippen LogP contribution < -0.4 is 0 Å². The molecule has 4 aliphatic rings. The molecule has 3 aliphatic carbocycles. The Kier molecular flexibility index (Phi) is 2.80. The molecule has 6 rings (SSSR count). The Balaban J connectivity index is 1.46. The number of benzene rings is 1. The SMILES string of the molecule is Cc1cccc2c(CB3OC4(C)CC5CC(C)(C5)C4(C)O3)coc12. The maximum atomic E-state index is 6.60. The van der Waals surface area contributed by atoms with Crippen LogP contribution in [-0.4, -0.2) is 18.3 Å². The summed E-state index contributed by atoms with van der Waals surface area (Å²) in [5, 5.41) is 1.18. The van der Waals surface area contributed by atoms with Crippen LogP contribution in [0, 0.1) is 18.3 Å². The van der Waals surface area contributed by atoms with Crippen LogP contribution in [0.4, 0.5) is 0 Å². The van der Waals surface area contributed by atoms with Crippen molar-refractivity contribution in [1.29, 1.82) is 0 Å². The highest BCUT2D eigenvalue weighted by molar-refractivity contribution is 6.45. The molecule has 1 saturated heterocycles. The van der Waals surface area contributed by atoms with Crippen molar-refractivity contribution in [2.45, 2.75) is 64.5 Å². The first kappa shape index (κ1) is 15.0. The van der Waals surface area contributed by atoms with Gasteiger partial charge in [0.05, 0.1) is 17.5 Å². The third kappa shape index (κ3) is 1.71. The second-order valence-corrected chi connectivity index (χ2v) is 8.89. The van der Waals surface area contributed by atoms with Crippen LogP contribution in [0.2, 0.25) is 0 Å². The standard InChI is InChI=1S/C20H25BO3/c1-13-6-5-7-16-15(12-22-17(13)16)11-21-23-19(3)10-14-8-18(2,9-14)20(19,4)24-21/h5-7,12,14H,8-11H2,1-4H3. The Bertz CT molecular complexity index is 821. The van der Waals surface area contributed by atoms with Crippen molar-refractivity contribution in [2.75, 3.05) is 0 Å². The third-order valence-electron chi connectivity index (χ3n) is 7.34. The van der Waals surface area contributed by atoms with Crippen molar-refractivity contribution in [3.8, 4) is 0 Å². The van der Waals surface area contributed by atoms with E-state index < -0.39 is 0 Å². The fourth-order valence-electron chi connectivity index (χ4n) is 5.81. The molecule has 0 spiro atoms. The summed E-state index contributed by atoms with van der Waals surface area (Å²) >= 11 is 0. The van der Waals surface area contributed by atoms with Gasteiger partial charge in [0.2, 0.25) is 0 Å². The van der Waals surface area contributed by atoms with Crippen LogP contribution in [0.5, 0.6) is 0 Å². The lowest BCUT2D eigenvalue weighted by Crippen LogP contribution is -2.68. The molecule has 2 unspecified atom stereocenters. The van der Waals surface area contributed by atoms with Crippen molar-refractivity contribution in [2.24, 2.45) is 11.3 Å². The van der Waals surface area contributed by atoms with Gasteiger partial charge in [-0.3, -0.25) is 0 Å². The van der Waals surface area contributed by atoms with Gasteiger partial charge in [-0.1, -0.05) is 25.1 Å². The number of aryl methyl sites for hydroxylation is 1. The second-order valence-electron chi connectivity index (χ2n) is 8.89. The van der Waals surface area contributed by atoms with Gasteiger partial charge >= 0.3 is 7.12 Å². The maximum absolute atomic E-state index is 6.60. The molecule has 2 atom stereocenters. The van der Waals surface area contributed by atoms with E-state index in [-0.39, 0.29) is 23.7 Å². The number of fused-ring (bicyclic) bond motifs is 1. The van der Waals surface area contributed by atoms with Crippen molar-refractivity contribution >= 4 is 18.1 Å². The van der Waals surface area contributed by atoms with Crippen LogP contribution >= 0.6 is 0 Å². The Morgan fingerprint density at radius 1 is 1.12 bits per heavy atom. The summed E-state index contributed by atoms with van der Waals surface area (Å²) in [4.78, 5) is 0. The zero-order chi connectivity index (χ0) is 16.7. The first-order chi connectivity index (χ1) is 11.3. The zero-order valence-corrected chi connectivity index (χ0v) is 15.0. The molecule has 3 nitrogen and oxygen atoms in total. The summed E-state index contributed by atoms with van der Waals surface area (Å²) in [6.07, 6.45) is 6.31. The highest BCUT2D eigenvalue weighted by Crippen LogP contribution is 2.68. The van der Waals surface area contributed by atoms with Crippen LogP contribution in [-0.2, 0) is 15.6 Å².